The van der Waals surface area contributed by atoms with Gasteiger partial charge >= 0.3 is 0 Å². The van der Waals surface area contributed by atoms with E-state index in [1.807, 2.05) is 0 Å². The van der Waals surface area contributed by atoms with Crippen molar-refractivity contribution in [3.8, 4) is 0 Å². The maximum atomic E-state index is 6.40. The van der Waals surface area contributed by atoms with Crippen molar-refractivity contribution in [3.05, 3.63) is 0 Å². The number of rotatable bonds is 2. The first-order chi connectivity index (χ1) is 10.1. The topological polar surface area (TPSA) is 41.6 Å². The molecule has 2 atom stereocenters. The normalized spacial score (nSPS) is 35.3. The van der Waals surface area contributed by atoms with Crippen LogP contribution in [0, 0.1) is 11.8 Å². The van der Waals surface area contributed by atoms with Crippen LogP contribution >= 0.6 is 0 Å². The van der Waals surface area contributed by atoms with E-state index >= 15 is 0 Å². The third-order valence-corrected chi connectivity index (χ3v) is 6.30. The predicted molar refractivity (Wildman–Crippen MR) is 89.3 cm³/mol. The molecule has 3 heteroatoms. The van der Waals surface area contributed by atoms with Gasteiger partial charge in [-0.05, 0) is 37.5 Å². The Balaban J connectivity index is 1.88. The lowest BCUT2D eigenvalue weighted by molar-refractivity contribution is 0.0172. The lowest BCUT2D eigenvalue weighted by Crippen LogP contribution is -2.61. The van der Waals surface area contributed by atoms with Crippen LogP contribution in [0.1, 0.15) is 78.1 Å². The summed E-state index contributed by atoms with van der Waals surface area (Å²) in [7, 11) is 0. The van der Waals surface area contributed by atoms with Crippen molar-refractivity contribution in [1.29, 1.82) is 0 Å². The van der Waals surface area contributed by atoms with E-state index in [-0.39, 0.29) is 5.54 Å². The number of aliphatic imine (C=N–C) groups is 1. The molecule has 0 aromatic rings. The molecule has 0 radical (unpaired) electrons. The summed E-state index contributed by atoms with van der Waals surface area (Å²) in [4.78, 5) is 7.38. The number of hydrogen-bond donors (Lipinski definition) is 1. The molecule has 0 bridgehead atoms. The highest BCUT2D eigenvalue weighted by atomic mass is 15.4. The van der Waals surface area contributed by atoms with Crippen LogP contribution in [0.25, 0.3) is 0 Å². The minimum atomic E-state index is 0.255. The summed E-state index contributed by atoms with van der Waals surface area (Å²) in [5.41, 5.74) is 6.66. The van der Waals surface area contributed by atoms with Crippen LogP contribution in [0.15, 0.2) is 4.99 Å². The van der Waals surface area contributed by atoms with Crippen LogP contribution in [0.5, 0.6) is 0 Å². The number of guanidine groups is 1. The molecule has 120 valence electrons. The zero-order chi connectivity index (χ0) is 14.9. The van der Waals surface area contributed by atoms with Crippen molar-refractivity contribution >= 4 is 5.96 Å². The Bertz CT molecular complexity index is 382. The Morgan fingerprint density at radius 2 is 1.71 bits per heavy atom. The number of hydrogen-bond acceptors (Lipinski definition) is 3. The zero-order valence-corrected chi connectivity index (χ0v) is 14.0. The molecule has 1 spiro atoms. The fraction of sp³-hybridized carbons (Fsp3) is 0.944. The molecule has 2 N–H and O–H groups in total. The molecule has 3 nitrogen and oxygen atoms in total. The summed E-state index contributed by atoms with van der Waals surface area (Å²) in [6.07, 6.45) is 13.6. The Morgan fingerprint density at radius 1 is 1.05 bits per heavy atom. The molecule has 21 heavy (non-hydrogen) atoms. The second-order valence-electron chi connectivity index (χ2n) is 7.89. The highest BCUT2D eigenvalue weighted by molar-refractivity contribution is 5.81. The molecule has 2 saturated carbocycles. The highest BCUT2D eigenvalue weighted by Gasteiger charge is 2.52. The van der Waals surface area contributed by atoms with Gasteiger partial charge in [-0.25, -0.2) is 0 Å². The van der Waals surface area contributed by atoms with Gasteiger partial charge in [0, 0.05) is 6.04 Å². The standard InChI is InChI=1S/C18H33N3/c1-14(2)16-11-7-8-12-18(16)13-20-17(19)21(18)15-9-5-3-4-6-10-15/h14-16H,3-13H2,1-2H3,(H2,19,20). The van der Waals surface area contributed by atoms with E-state index in [9.17, 15) is 0 Å². The third kappa shape index (κ3) is 2.68. The van der Waals surface area contributed by atoms with E-state index < -0.39 is 0 Å². The predicted octanol–water partition coefficient (Wildman–Crippen LogP) is 3.92. The molecule has 2 unspecified atom stereocenters. The van der Waals surface area contributed by atoms with E-state index in [1.165, 1.54) is 64.2 Å². The summed E-state index contributed by atoms with van der Waals surface area (Å²) in [5, 5.41) is 0. The van der Waals surface area contributed by atoms with Gasteiger partial charge in [-0.2, -0.15) is 0 Å². The summed E-state index contributed by atoms with van der Waals surface area (Å²) in [6, 6.07) is 0.651. The average molecular weight is 291 g/mol. The Labute approximate surface area is 130 Å². The van der Waals surface area contributed by atoms with Crippen LogP contribution in [0.2, 0.25) is 0 Å². The monoisotopic (exact) mass is 291 g/mol. The van der Waals surface area contributed by atoms with Crippen molar-refractivity contribution in [2.45, 2.75) is 89.6 Å². The first kappa shape index (κ1) is 15.2. The molecule has 0 saturated heterocycles. The second kappa shape index (κ2) is 6.18. The minimum Gasteiger partial charge on any atom is -0.370 e. The van der Waals surface area contributed by atoms with Crippen LogP contribution < -0.4 is 5.73 Å². The minimum absolute atomic E-state index is 0.255. The molecule has 0 aromatic heterocycles. The maximum Gasteiger partial charge on any atom is 0.192 e. The fourth-order valence-corrected chi connectivity index (χ4v) is 5.36. The van der Waals surface area contributed by atoms with Crippen molar-refractivity contribution < 1.29 is 0 Å². The van der Waals surface area contributed by atoms with Crippen molar-refractivity contribution in [2.75, 3.05) is 6.54 Å². The third-order valence-electron chi connectivity index (χ3n) is 6.30. The molecule has 3 rings (SSSR count). The lowest BCUT2D eigenvalue weighted by atomic mass is 9.66. The van der Waals surface area contributed by atoms with Gasteiger partial charge in [-0.1, -0.05) is 52.4 Å². The number of nitrogens with zero attached hydrogens (tertiary/aromatic N) is 2. The average Bonchev–Trinajstić information content (AvgIpc) is 2.68. The molecular formula is C18H33N3. The van der Waals surface area contributed by atoms with Gasteiger partial charge in [0.2, 0.25) is 0 Å². The van der Waals surface area contributed by atoms with Gasteiger partial charge in [0.25, 0.3) is 0 Å². The quantitative estimate of drug-likeness (QED) is 0.783. The van der Waals surface area contributed by atoms with Crippen molar-refractivity contribution in [1.82, 2.24) is 4.90 Å². The van der Waals surface area contributed by atoms with Gasteiger partial charge in [-0.15, -0.1) is 0 Å². The Kier molecular flexibility index (Phi) is 4.46. The molecule has 1 aliphatic heterocycles. The van der Waals surface area contributed by atoms with Crippen molar-refractivity contribution in [3.63, 3.8) is 0 Å². The number of nitrogens with two attached hydrogens (primary N) is 1. The first-order valence-electron chi connectivity index (χ1n) is 9.24. The van der Waals surface area contributed by atoms with Crippen LogP contribution in [0.4, 0.5) is 0 Å². The first-order valence-corrected chi connectivity index (χ1v) is 9.24. The van der Waals surface area contributed by atoms with Gasteiger partial charge < -0.3 is 10.6 Å². The smallest absolute Gasteiger partial charge is 0.192 e. The summed E-state index contributed by atoms with van der Waals surface area (Å²) < 4.78 is 0. The van der Waals surface area contributed by atoms with E-state index in [0.29, 0.717) is 6.04 Å². The molecular weight excluding hydrogens is 258 g/mol. The molecule has 2 aliphatic carbocycles. The van der Waals surface area contributed by atoms with E-state index in [1.54, 1.807) is 0 Å². The van der Waals surface area contributed by atoms with Gasteiger partial charge in [-0.3, -0.25) is 4.99 Å². The molecule has 1 heterocycles. The van der Waals surface area contributed by atoms with Gasteiger partial charge in [0.15, 0.2) is 5.96 Å². The van der Waals surface area contributed by atoms with Crippen molar-refractivity contribution in [2.24, 2.45) is 22.6 Å². The van der Waals surface area contributed by atoms with Crippen LogP contribution in [-0.4, -0.2) is 29.0 Å². The Hall–Kier alpha value is -0.730. The lowest BCUT2D eigenvalue weighted by Gasteiger charge is -2.52. The SMILES string of the molecule is CC(C)C1CCCCC12CN=C(N)N2C1CCCCCC1. The molecule has 0 amide bonds. The summed E-state index contributed by atoms with van der Waals surface area (Å²) in [6.45, 7) is 5.76. The maximum absolute atomic E-state index is 6.40. The van der Waals surface area contributed by atoms with Crippen LogP contribution in [0.3, 0.4) is 0 Å². The van der Waals surface area contributed by atoms with Gasteiger partial charge in [0.1, 0.15) is 0 Å². The van der Waals surface area contributed by atoms with E-state index in [2.05, 4.69) is 18.7 Å². The largest absolute Gasteiger partial charge is 0.370 e. The zero-order valence-electron chi connectivity index (χ0n) is 14.0. The fourth-order valence-electron chi connectivity index (χ4n) is 5.36. The van der Waals surface area contributed by atoms with Gasteiger partial charge in [0.05, 0.1) is 12.1 Å². The molecule has 2 fully saturated rings. The Morgan fingerprint density at radius 3 is 2.38 bits per heavy atom. The van der Waals surface area contributed by atoms with E-state index in [4.69, 9.17) is 10.7 Å². The highest BCUT2D eigenvalue weighted by Crippen LogP contribution is 2.46. The molecule has 0 aromatic carbocycles. The summed E-state index contributed by atoms with van der Waals surface area (Å²) in [5.74, 6) is 2.36. The van der Waals surface area contributed by atoms with Crippen LogP contribution in [-0.2, 0) is 0 Å². The molecule has 3 aliphatic rings. The summed E-state index contributed by atoms with van der Waals surface area (Å²) >= 11 is 0. The van der Waals surface area contributed by atoms with E-state index in [0.717, 1.165) is 24.3 Å². The second-order valence-corrected chi connectivity index (χ2v) is 7.89.